The average molecular weight is 351 g/mol. The molecule has 1 unspecified atom stereocenters. The van der Waals surface area contributed by atoms with Gasteiger partial charge in [-0.25, -0.2) is 0 Å². The quantitative estimate of drug-likeness (QED) is 0.700. The number of hydrogen-bond acceptors (Lipinski definition) is 5. The number of ether oxygens (including phenoxy) is 1. The Labute approximate surface area is 149 Å². The van der Waals surface area contributed by atoms with Crippen molar-refractivity contribution in [3.8, 4) is 0 Å². The molecule has 0 saturated carbocycles. The molecular weight excluding hydrogens is 322 g/mol. The van der Waals surface area contributed by atoms with Crippen LogP contribution >= 0.6 is 0 Å². The van der Waals surface area contributed by atoms with Gasteiger partial charge in [-0.3, -0.25) is 14.5 Å². The van der Waals surface area contributed by atoms with Gasteiger partial charge >= 0.3 is 0 Å². The number of carbonyl (C=O) groups is 2. The number of hydrogen-bond donors (Lipinski definition) is 2. The van der Waals surface area contributed by atoms with Gasteiger partial charge in [-0.1, -0.05) is 26.0 Å². The second-order valence-electron chi connectivity index (χ2n) is 6.41. The van der Waals surface area contributed by atoms with Crippen molar-refractivity contribution >= 4 is 11.8 Å². The maximum absolute atomic E-state index is 11.6. The van der Waals surface area contributed by atoms with Gasteiger partial charge in [0.2, 0.25) is 0 Å². The number of carbonyl (C=O) groups excluding carboxylic acids is 2. The van der Waals surface area contributed by atoms with Gasteiger partial charge in [-0.2, -0.15) is 0 Å². The zero-order valence-corrected chi connectivity index (χ0v) is 15.3. The lowest BCUT2D eigenvalue weighted by Crippen LogP contribution is -2.32. The van der Waals surface area contributed by atoms with Crippen LogP contribution < -0.4 is 0 Å². The molecule has 2 amide bonds. The molecule has 1 aromatic carbocycles. The van der Waals surface area contributed by atoms with Gasteiger partial charge in [0.1, 0.15) is 0 Å². The Bertz CT molecular complexity index is 524. The van der Waals surface area contributed by atoms with Gasteiger partial charge in [-0.15, -0.1) is 0 Å². The minimum Gasteiger partial charge on any atom is -0.396 e. The molecule has 2 rings (SSSR count). The van der Waals surface area contributed by atoms with Crippen LogP contribution in [0.1, 0.15) is 54.3 Å². The Hall–Kier alpha value is -1.76. The molecule has 0 bridgehead atoms. The molecule has 2 N–H and O–H groups in total. The van der Waals surface area contributed by atoms with E-state index in [0.29, 0.717) is 17.0 Å². The third-order valence-electron chi connectivity index (χ3n) is 3.83. The molecule has 0 fully saturated rings. The van der Waals surface area contributed by atoms with Gasteiger partial charge in [-0.05, 0) is 37.8 Å². The van der Waals surface area contributed by atoms with Crippen LogP contribution in [0.15, 0.2) is 24.3 Å². The molecule has 1 aliphatic rings. The lowest BCUT2D eigenvalue weighted by Gasteiger charge is -2.12. The van der Waals surface area contributed by atoms with Crippen LogP contribution in [0, 0.1) is 5.92 Å². The highest BCUT2D eigenvalue weighted by Gasteiger charge is 2.34. The molecule has 0 spiro atoms. The van der Waals surface area contributed by atoms with E-state index in [0.717, 1.165) is 24.3 Å². The number of amides is 2. The number of fused-ring (bicyclic) bond motifs is 1. The highest BCUT2D eigenvalue weighted by atomic mass is 16.5. The fraction of sp³-hybridized carbons (Fsp3) is 0.579. The molecule has 0 aliphatic carbocycles. The van der Waals surface area contributed by atoms with E-state index in [2.05, 4.69) is 13.8 Å². The Balaban J connectivity index is 0.000000260. The van der Waals surface area contributed by atoms with Crippen LogP contribution in [-0.4, -0.2) is 59.4 Å². The predicted molar refractivity (Wildman–Crippen MR) is 95.5 cm³/mol. The average Bonchev–Trinajstić information content (AvgIpc) is 2.81. The maximum Gasteiger partial charge on any atom is 0.261 e. The van der Waals surface area contributed by atoms with Crippen LogP contribution in [0.5, 0.6) is 0 Å². The van der Waals surface area contributed by atoms with Crippen molar-refractivity contribution in [3.05, 3.63) is 35.4 Å². The van der Waals surface area contributed by atoms with Crippen LogP contribution in [0.4, 0.5) is 0 Å². The van der Waals surface area contributed by atoms with Crippen molar-refractivity contribution < 1.29 is 24.5 Å². The predicted octanol–water partition coefficient (Wildman–Crippen LogP) is 2.09. The number of nitrogens with zero attached hydrogens (tertiary/aromatic N) is 1. The molecule has 1 heterocycles. The minimum absolute atomic E-state index is 0.0619. The van der Waals surface area contributed by atoms with E-state index in [1.54, 1.807) is 24.3 Å². The van der Waals surface area contributed by atoms with Gasteiger partial charge in [0.05, 0.1) is 30.4 Å². The van der Waals surface area contributed by atoms with E-state index in [1.165, 1.54) is 0 Å². The van der Waals surface area contributed by atoms with Crippen LogP contribution in [0.25, 0.3) is 0 Å². The molecule has 0 radical (unpaired) electrons. The minimum atomic E-state index is -0.320. The largest absolute Gasteiger partial charge is 0.396 e. The topological polar surface area (TPSA) is 87.1 Å². The summed E-state index contributed by atoms with van der Waals surface area (Å²) in [6.45, 7) is 7.26. The summed E-state index contributed by atoms with van der Waals surface area (Å²) >= 11 is 0. The Kier molecular flexibility index (Phi) is 9.34. The van der Waals surface area contributed by atoms with Gasteiger partial charge in [0, 0.05) is 13.2 Å². The number of β-amino-alcohol motifs (C(OH)–C–C–N with tert-alkyl or cyclic N) is 1. The van der Waals surface area contributed by atoms with Crippen molar-refractivity contribution in [2.45, 2.75) is 39.7 Å². The normalized spacial score (nSPS) is 14.4. The summed E-state index contributed by atoms with van der Waals surface area (Å²) in [6, 6.07) is 6.67. The second kappa shape index (κ2) is 11.0. The molecular formula is C19H29NO5. The van der Waals surface area contributed by atoms with Crippen molar-refractivity contribution in [1.82, 2.24) is 4.90 Å². The number of benzene rings is 1. The first-order valence-electron chi connectivity index (χ1n) is 8.70. The Morgan fingerprint density at radius 2 is 1.52 bits per heavy atom. The third-order valence-corrected chi connectivity index (χ3v) is 3.83. The van der Waals surface area contributed by atoms with E-state index >= 15 is 0 Å². The van der Waals surface area contributed by atoms with E-state index in [1.807, 2.05) is 6.92 Å². The molecule has 140 valence electrons. The van der Waals surface area contributed by atoms with E-state index in [4.69, 9.17) is 14.9 Å². The highest BCUT2D eigenvalue weighted by molar-refractivity contribution is 6.21. The smallest absolute Gasteiger partial charge is 0.261 e. The number of aliphatic hydroxyl groups is 2. The Morgan fingerprint density at radius 3 is 1.96 bits per heavy atom. The van der Waals surface area contributed by atoms with Gasteiger partial charge in [0.15, 0.2) is 0 Å². The van der Waals surface area contributed by atoms with Crippen LogP contribution in [-0.2, 0) is 4.74 Å². The Morgan fingerprint density at radius 1 is 0.960 bits per heavy atom. The summed E-state index contributed by atoms with van der Waals surface area (Å²) in [6.07, 6.45) is 2.06. The number of rotatable bonds is 8. The molecule has 0 saturated heterocycles. The van der Waals surface area contributed by atoms with E-state index < -0.39 is 0 Å². The fourth-order valence-electron chi connectivity index (χ4n) is 2.31. The third kappa shape index (κ3) is 6.57. The first-order valence-corrected chi connectivity index (χ1v) is 8.70. The monoisotopic (exact) mass is 351 g/mol. The zero-order chi connectivity index (χ0) is 18.8. The first kappa shape index (κ1) is 21.3. The van der Waals surface area contributed by atoms with Crippen molar-refractivity contribution in [1.29, 1.82) is 0 Å². The number of aliphatic hydroxyl groups excluding tert-OH is 2. The summed E-state index contributed by atoms with van der Waals surface area (Å²) in [5.74, 6) is 0.0654. The molecule has 0 aromatic heterocycles. The van der Waals surface area contributed by atoms with Crippen LogP contribution in [0.2, 0.25) is 0 Å². The standard InChI is InChI=1S/C10H9NO3.C9H20O2/c12-6-5-11-9(13)7-3-1-2-4-8(7)10(11)14;1-8(2)5-7-11-9(3)4-6-10/h1-4,12H,5-6H2;8-10H,4-7H2,1-3H3. The highest BCUT2D eigenvalue weighted by Crippen LogP contribution is 2.21. The van der Waals surface area contributed by atoms with E-state index in [-0.39, 0.29) is 37.7 Å². The molecule has 6 nitrogen and oxygen atoms in total. The van der Waals surface area contributed by atoms with Crippen molar-refractivity contribution in [3.63, 3.8) is 0 Å². The fourth-order valence-corrected chi connectivity index (χ4v) is 2.31. The van der Waals surface area contributed by atoms with Crippen LogP contribution in [0.3, 0.4) is 0 Å². The SMILES string of the molecule is CC(C)CCOC(C)CCO.O=C1c2ccccc2C(=O)N1CCO. The molecule has 1 atom stereocenters. The summed E-state index contributed by atoms with van der Waals surface area (Å²) in [5, 5.41) is 17.3. The molecule has 1 aromatic rings. The number of imide groups is 1. The van der Waals surface area contributed by atoms with Crippen molar-refractivity contribution in [2.75, 3.05) is 26.4 Å². The van der Waals surface area contributed by atoms with Crippen molar-refractivity contribution in [2.24, 2.45) is 5.92 Å². The second-order valence-corrected chi connectivity index (χ2v) is 6.41. The van der Waals surface area contributed by atoms with Gasteiger partial charge in [0.25, 0.3) is 11.8 Å². The lowest BCUT2D eigenvalue weighted by molar-refractivity contribution is 0.0420. The van der Waals surface area contributed by atoms with E-state index in [9.17, 15) is 9.59 Å². The summed E-state index contributed by atoms with van der Waals surface area (Å²) in [7, 11) is 0. The lowest BCUT2D eigenvalue weighted by atomic mass is 10.1. The summed E-state index contributed by atoms with van der Waals surface area (Å²) in [4.78, 5) is 24.2. The zero-order valence-electron chi connectivity index (χ0n) is 15.3. The molecule has 25 heavy (non-hydrogen) atoms. The van der Waals surface area contributed by atoms with Gasteiger partial charge < -0.3 is 14.9 Å². The molecule has 1 aliphatic heterocycles. The first-order chi connectivity index (χ1) is 11.9. The molecule has 6 heteroatoms. The maximum atomic E-state index is 11.6. The summed E-state index contributed by atoms with van der Waals surface area (Å²) in [5.41, 5.74) is 0.844. The summed E-state index contributed by atoms with van der Waals surface area (Å²) < 4.78 is 5.43.